The van der Waals surface area contributed by atoms with Crippen LogP contribution >= 0.6 is 11.3 Å². The molecule has 3 N–H and O–H groups in total. The van der Waals surface area contributed by atoms with Crippen LogP contribution in [0.1, 0.15) is 28.6 Å². The molecule has 14 heteroatoms. The van der Waals surface area contributed by atoms with Gasteiger partial charge in [-0.1, -0.05) is 23.5 Å². The van der Waals surface area contributed by atoms with Gasteiger partial charge in [-0.3, -0.25) is 9.59 Å². The second-order valence-electron chi connectivity index (χ2n) is 7.82. The maximum Gasteiger partial charge on any atom is 0.573 e. The Hall–Kier alpha value is -3.81. The Bertz CT molecular complexity index is 1200. The fourth-order valence-corrected chi connectivity index (χ4v) is 4.50. The predicted molar refractivity (Wildman–Crippen MR) is 120 cm³/mol. The van der Waals surface area contributed by atoms with Crippen molar-refractivity contribution in [3.63, 3.8) is 0 Å². The van der Waals surface area contributed by atoms with Crippen LogP contribution < -0.4 is 20.7 Å². The fourth-order valence-electron chi connectivity index (χ4n) is 3.62. The molecule has 1 unspecified atom stereocenters. The summed E-state index contributed by atoms with van der Waals surface area (Å²) in [5.74, 6) is -0.969. The Balaban J connectivity index is 1.31. The monoisotopic (exact) mass is 507 g/mol. The molecule has 1 fully saturated rings. The van der Waals surface area contributed by atoms with Gasteiger partial charge in [0.25, 0.3) is 0 Å². The molecule has 2 aromatic heterocycles. The summed E-state index contributed by atoms with van der Waals surface area (Å²) in [5, 5.41) is 20.3. The number of primary amides is 1. The number of carbonyl (C=O) groups is 2. The molecule has 1 aromatic carbocycles. The number of ether oxygens (including phenoxy) is 1. The molecule has 35 heavy (non-hydrogen) atoms. The number of halogens is 3. The summed E-state index contributed by atoms with van der Waals surface area (Å²) in [4.78, 5) is 25.4. The Kier molecular flexibility index (Phi) is 7.10. The van der Waals surface area contributed by atoms with Gasteiger partial charge in [-0.15, -0.1) is 28.5 Å². The van der Waals surface area contributed by atoms with Crippen molar-refractivity contribution >= 4 is 34.1 Å². The van der Waals surface area contributed by atoms with Gasteiger partial charge in [0, 0.05) is 19.0 Å². The van der Waals surface area contributed by atoms with Gasteiger partial charge >= 0.3 is 6.36 Å². The average Bonchev–Trinajstić information content (AvgIpc) is 3.42. The standard InChI is InChI=1S/C21H20F3N7O3S/c22-21(23,24)34-14-3-1-2-12(8-14)9-18(33)26-17-5-4-15(27-28-17)13-6-7-31(11-13)20-30-29-19(35-20)10-16(25)32/h1-5,8,13H,6-7,9-11H2,(H2,25,32)(H,26,28,33). The first kappa shape index (κ1) is 24.3. The van der Waals surface area contributed by atoms with Crippen LogP contribution in [0.5, 0.6) is 5.75 Å². The molecule has 0 spiro atoms. The minimum absolute atomic E-state index is 0.0559. The summed E-state index contributed by atoms with van der Waals surface area (Å²) in [5.41, 5.74) is 6.31. The zero-order valence-electron chi connectivity index (χ0n) is 18.2. The summed E-state index contributed by atoms with van der Waals surface area (Å²) in [6.45, 7) is 1.40. The van der Waals surface area contributed by atoms with Crippen LogP contribution in [0.4, 0.5) is 24.1 Å². The molecule has 184 valence electrons. The van der Waals surface area contributed by atoms with Crippen LogP contribution in [0, 0.1) is 0 Å². The third kappa shape index (κ3) is 6.85. The van der Waals surface area contributed by atoms with Gasteiger partial charge in [-0.25, -0.2) is 0 Å². The minimum atomic E-state index is -4.81. The van der Waals surface area contributed by atoms with Crippen molar-refractivity contribution in [1.82, 2.24) is 20.4 Å². The van der Waals surface area contributed by atoms with Crippen molar-refractivity contribution in [2.24, 2.45) is 5.73 Å². The second kappa shape index (κ2) is 10.2. The highest BCUT2D eigenvalue weighted by molar-refractivity contribution is 7.15. The van der Waals surface area contributed by atoms with E-state index in [9.17, 15) is 22.8 Å². The van der Waals surface area contributed by atoms with Crippen molar-refractivity contribution in [3.8, 4) is 5.75 Å². The van der Waals surface area contributed by atoms with Crippen LogP contribution in [0.2, 0.25) is 0 Å². The average molecular weight is 507 g/mol. The third-order valence-electron chi connectivity index (χ3n) is 5.11. The lowest BCUT2D eigenvalue weighted by atomic mass is 10.1. The first-order valence-electron chi connectivity index (χ1n) is 10.5. The van der Waals surface area contributed by atoms with Gasteiger partial charge in [-0.2, -0.15) is 5.10 Å². The normalized spacial score (nSPS) is 15.7. The fraction of sp³-hybridized carbons (Fsp3) is 0.333. The molecule has 2 amide bonds. The summed E-state index contributed by atoms with van der Waals surface area (Å²) in [7, 11) is 0. The molecule has 1 saturated heterocycles. The molecule has 0 bridgehead atoms. The SMILES string of the molecule is NC(=O)Cc1nnc(N2CCC(c3ccc(NC(=O)Cc4cccc(OC(F)(F)F)c4)nn3)C2)s1. The van der Waals surface area contributed by atoms with Crippen LogP contribution in [-0.4, -0.2) is 51.7 Å². The first-order chi connectivity index (χ1) is 16.6. The Morgan fingerprint density at radius 3 is 2.69 bits per heavy atom. The molecule has 1 aliphatic rings. The van der Waals surface area contributed by atoms with Crippen LogP contribution in [0.15, 0.2) is 36.4 Å². The number of aromatic nitrogens is 4. The predicted octanol–water partition coefficient (Wildman–Crippen LogP) is 2.43. The highest BCUT2D eigenvalue weighted by Crippen LogP contribution is 2.31. The maximum absolute atomic E-state index is 12.4. The van der Waals surface area contributed by atoms with Gasteiger partial charge in [0.15, 0.2) is 5.82 Å². The van der Waals surface area contributed by atoms with Crippen LogP contribution in [0.25, 0.3) is 0 Å². The van der Waals surface area contributed by atoms with E-state index in [1.165, 1.54) is 23.5 Å². The number of nitrogens with two attached hydrogens (primary N) is 1. The van der Waals surface area contributed by atoms with Crippen molar-refractivity contribution in [3.05, 3.63) is 52.7 Å². The van der Waals surface area contributed by atoms with E-state index in [2.05, 4.69) is 35.3 Å². The van der Waals surface area contributed by atoms with Gasteiger partial charge < -0.3 is 20.7 Å². The van der Waals surface area contributed by atoms with Crippen LogP contribution in [0.3, 0.4) is 0 Å². The number of hydrogen-bond acceptors (Lipinski definition) is 9. The summed E-state index contributed by atoms with van der Waals surface area (Å²) >= 11 is 1.32. The number of nitrogens with one attached hydrogen (secondary N) is 1. The van der Waals surface area contributed by atoms with Crippen LogP contribution in [-0.2, 0) is 22.4 Å². The van der Waals surface area contributed by atoms with E-state index in [1.54, 1.807) is 12.1 Å². The molecule has 3 heterocycles. The number of carbonyl (C=O) groups excluding carboxylic acids is 2. The van der Waals surface area contributed by atoms with Crippen molar-refractivity contribution in [2.75, 3.05) is 23.3 Å². The van der Waals surface area contributed by atoms with Crippen molar-refractivity contribution < 1.29 is 27.5 Å². The molecule has 0 radical (unpaired) electrons. The molecular weight excluding hydrogens is 487 g/mol. The number of anilines is 2. The number of rotatable bonds is 8. The second-order valence-corrected chi connectivity index (χ2v) is 8.86. The molecule has 3 aromatic rings. The number of alkyl halides is 3. The molecule has 10 nitrogen and oxygen atoms in total. The molecule has 4 rings (SSSR count). The van der Waals surface area contributed by atoms with E-state index in [4.69, 9.17) is 5.73 Å². The molecule has 1 aliphatic heterocycles. The van der Waals surface area contributed by atoms with E-state index in [0.29, 0.717) is 22.2 Å². The van der Waals surface area contributed by atoms with E-state index in [-0.39, 0.29) is 24.6 Å². The van der Waals surface area contributed by atoms with Gasteiger partial charge in [0.05, 0.1) is 18.5 Å². The van der Waals surface area contributed by atoms with E-state index in [1.807, 2.05) is 0 Å². The Labute approximate surface area is 201 Å². The lowest BCUT2D eigenvalue weighted by Crippen LogP contribution is -2.19. The van der Waals surface area contributed by atoms with E-state index in [0.717, 1.165) is 30.8 Å². The van der Waals surface area contributed by atoms with Gasteiger partial charge in [0.1, 0.15) is 10.8 Å². The lowest BCUT2D eigenvalue weighted by molar-refractivity contribution is -0.274. The highest BCUT2D eigenvalue weighted by Gasteiger charge is 2.31. The quantitative estimate of drug-likeness (QED) is 0.475. The number of hydrogen-bond donors (Lipinski definition) is 2. The Morgan fingerprint density at radius 2 is 1.97 bits per heavy atom. The highest BCUT2D eigenvalue weighted by atomic mass is 32.1. The topological polar surface area (TPSA) is 136 Å². The number of benzene rings is 1. The van der Waals surface area contributed by atoms with Gasteiger partial charge in [0.2, 0.25) is 16.9 Å². The third-order valence-corrected chi connectivity index (χ3v) is 6.09. The molecule has 1 atom stereocenters. The largest absolute Gasteiger partial charge is 0.573 e. The van der Waals surface area contributed by atoms with E-state index < -0.39 is 23.9 Å². The summed E-state index contributed by atoms with van der Waals surface area (Å²) < 4.78 is 41.0. The number of amides is 2. The molecule has 0 saturated carbocycles. The zero-order valence-corrected chi connectivity index (χ0v) is 19.0. The zero-order chi connectivity index (χ0) is 25.0. The lowest BCUT2D eigenvalue weighted by Gasteiger charge is -2.14. The summed E-state index contributed by atoms with van der Waals surface area (Å²) in [6, 6.07) is 8.62. The Morgan fingerprint density at radius 1 is 1.14 bits per heavy atom. The molecule has 0 aliphatic carbocycles. The molecular formula is C21H20F3N7O3S. The van der Waals surface area contributed by atoms with E-state index >= 15 is 0 Å². The maximum atomic E-state index is 12.4. The van der Waals surface area contributed by atoms with Crippen molar-refractivity contribution in [1.29, 1.82) is 0 Å². The van der Waals surface area contributed by atoms with Crippen molar-refractivity contribution in [2.45, 2.75) is 31.5 Å². The number of nitrogens with zero attached hydrogens (tertiary/aromatic N) is 5. The first-order valence-corrected chi connectivity index (χ1v) is 11.3. The van der Waals surface area contributed by atoms with Gasteiger partial charge in [-0.05, 0) is 36.2 Å². The minimum Gasteiger partial charge on any atom is -0.406 e. The smallest absolute Gasteiger partial charge is 0.406 e. The summed E-state index contributed by atoms with van der Waals surface area (Å²) in [6.07, 6.45) is -4.09.